The number of anilines is 1. The molecular weight excluding hydrogens is 266 g/mol. The highest BCUT2D eigenvalue weighted by Crippen LogP contribution is 2.18. The average Bonchev–Trinajstić information content (AvgIpc) is 2.53. The molecular formula is C16H21N3O2. The van der Waals surface area contributed by atoms with Gasteiger partial charge in [0, 0.05) is 31.2 Å². The lowest BCUT2D eigenvalue weighted by Gasteiger charge is -2.31. The molecule has 5 heteroatoms. The topological polar surface area (TPSA) is 61.4 Å². The standard InChI is InChI=1S/C16H21N3O2/c1-2-10-17-15(20)13-8-11-19(12-9-13)16(21)18-14-6-4-3-5-7-14/h2-7,13H,1,8-12H2,(H,17,20)(H,18,21). The molecule has 0 saturated carbocycles. The van der Waals surface area contributed by atoms with E-state index in [0.29, 0.717) is 32.5 Å². The van der Waals surface area contributed by atoms with Gasteiger partial charge in [0.05, 0.1) is 0 Å². The number of piperidine rings is 1. The molecule has 21 heavy (non-hydrogen) atoms. The number of benzene rings is 1. The minimum absolute atomic E-state index is 0.00859. The lowest BCUT2D eigenvalue weighted by molar-refractivity contribution is -0.126. The Labute approximate surface area is 125 Å². The van der Waals surface area contributed by atoms with Crippen LogP contribution in [0.15, 0.2) is 43.0 Å². The molecule has 2 rings (SSSR count). The highest BCUT2D eigenvalue weighted by molar-refractivity contribution is 5.89. The van der Waals surface area contributed by atoms with Gasteiger partial charge in [0.2, 0.25) is 5.91 Å². The Balaban J connectivity index is 1.79. The Morgan fingerprint density at radius 1 is 1.24 bits per heavy atom. The molecule has 1 fully saturated rings. The summed E-state index contributed by atoms with van der Waals surface area (Å²) in [5.74, 6) is 0.0451. The van der Waals surface area contributed by atoms with Crippen molar-refractivity contribution < 1.29 is 9.59 Å². The third-order valence-corrected chi connectivity index (χ3v) is 3.60. The van der Waals surface area contributed by atoms with Crippen LogP contribution < -0.4 is 10.6 Å². The van der Waals surface area contributed by atoms with Crippen LogP contribution >= 0.6 is 0 Å². The van der Waals surface area contributed by atoms with Gasteiger partial charge >= 0.3 is 6.03 Å². The Morgan fingerprint density at radius 3 is 2.52 bits per heavy atom. The third kappa shape index (κ3) is 4.34. The number of para-hydroxylation sites is 1. The van der Waals surface area contributed by atoms with Crippen LogP contribution in [-0.2, 0) is 4.79 Å². The summed E-state index contributed by atoms with van der Waals surface area (Å²) in [5.41, 5.74) is 0.786. The first-order valence-electron chi connectivity index (χ1n) is 7.20. The molecule has 5 nitrogen and oxygen atoms in total. The van der Waals surface area contributed by atoms with Gasteiger partial charge in [-0.05, 0) is 25.0 Å². The lowest BCUT2D eigenvalue weighted by atomic mass is 9.96. The first kappa shape index (κ1) is 15.1. The quantitative estimate of drug-likeness (QED) is 0.834. The molecule has 0 atom stereocenters. The summed E-state index contributed by atoms with van der Waals surface area (Å²) in [6, 6.07) is 9.27. The van der Waals surface area contributed by atoms with Crippen molar-refractivity contribution in [1.82, 2.24) is 10.2 Å². The minimum Gasteiger partial charge on any atom is -0.352 e. The van der Waals surface area contributed by atoms with Crippen molar-refractivity contribution in [2.75, 3.05) is 25.0 Å². The lowest BCUT2D eigenvalue weighted by Crippen LogP contribution is -2.44. The SMILES string of the molecule is C=CCNC(=O)C1CCN(C(=O)Nc2ccccc2)CC1. The molecule has 0 unspecified atom stereocenters. The third-order valence-electron chi connectivity index (χ3n) is 3.60. The van der Waals surface area contributed by atoms with Gasteiger partial charge in [0.15, 0.2) is 0 Å². The zero-order valence-electron chi connectivity index (χ0n) is 12.0. The number of amides is 3. The predicted octanol–water partition coefficient (Wildman–Crippen LogP) is 2.23. The number of nitrogens with one attached hydrogen (secondary N) is 2. The van der Waals surface area contributed by atoms with Crippen LogP contribution in [0.3, 0.4) is 0 Å². The smallest absolute Gasteiger partial charge is 0.321 e. The summed E-state index contributed by atoms with van der Waals surface area (Å²) in [5, 5.41) is 5.67. The van der Waals surface area contributed by atoms with Crippen molar-refractivity contribution in [3.8, 4) is 0 Å². The Morgan fingerprint density at radius 2 is 1.90 bits per heavy atom. The maximum atomic E-state index is 12.1. The fraction of sp³-hybridized carbons (Fsp3) is 0.375. The molecule has 2 N–H and O–H groups in total. The minimum atomic E-state index is -0.105. The predicted molar refractivity (Wildman–Crippen MR) is 83.0 cm³/mol. The Kier molecular flexibility index (Phi) is 5.37. The Hall–Kier alpha value is -2.30. The molecule has 1 saturated heterocycles. The van der Waals surface area contributed by atoms with E-state index < -0.39 is 0 Å². The summed E-state index contributed by atoms with van der Waals surface area (Å²) < 4.78 is 0. The molecule has 1 heterocycles. The van der Waals surface area contributed by atoms with Crippen molar-refractivity contribution in [2.24, 2.45) is 5.92 Å². The van der Waals surface area contributed by atoms with Gasteiger partial charge in [-0.3, -0.25) is 4.79 Å². The number of nitrogens with zero attached hydrogens (tertiary/aromatic N) is 1. The fourth-order valence-electron chi connectivity index (χ4n) is 2.39. The summed E-state index contributed by atoms with van der Waals surface area (Å²) in [7, 11) is 0. The van der Waals surface area contributed by atoms with Crippen LogP contribution in [0.25, 0.3) is 0 Å². The average molecular weight is 287 g/mol. The van der Waals surface area contributed by atoms with Crippen molar-refractivity contribution in [3.05, 3.63) is 43.0 Å². The Bertz CT molecular complexity index is 494. The second kappa shape index (κ2) is 7.47. The summed E-state index contributed by atoms with van der Waals surface area (Å²) >= 11 is 0. The van der Waals surface area contributed by atoms with Crippen LogP contribution in [0.1, 0.15) is 12.8 Å². The van der Waals surface area contributed by atoms with E-state index in [4.69, 9.17) is 0 Å². The van der Waals surface area contributed by atoms with Gasteiger partial charge in [0.25, 0.3) is 0 Å². The zero-order chi connectivity index (χ0) is 15.1. The molecule has 0 aromatic heterocycles. The van der Waals surface area contributed by atoms with Gasteiger partial charge in [-0.1, -0.05) is 24.3 Å². The molecule has 1 aliphatic rings. The number of likely N-dealkylation sites (tertiary alicyclic amines) is 1. The first-order chi connectivity index (χ1) is 10.2. The normalized spacial score (nSPS) is 15.3. The first-order valence-corrected chi connectivity index (χ1v) is 7.20. The van der Waals surface area contributed by atoms with Crippen LogP contribution in [0, 0.1) is 5.92 Å². The number of carbonyl (C=O) groups excluding carboxylic acids is 2. The molecule has 3 amide bonds. The monoisotopic (exact) mass is 287 g/mol. The number of carbonyl (C=O) groups is 2. The molecule has 0 aliphatic carbocycles. The van der Waals surface area contributed by atoms with E-state index in [1.807, 2.05) is 30.3 Å². The van der Waals surface area contributed by atoms with E-state index >= 15 is 0 Å². The molecule has 0 bridgehead atoms. The van der Waals surface area contributed by atoms with E-state index in [1.54, 1.807) is 11.0 Å². The van der Waals surface area contributed by atoms with Crippen LogP contribution in [-0.4, -0.2) is 36.5 Å². The second-order valence-electron chi connectivity index (χ2n) is 5.09. The van der Waals surface area contributed by atoms with E-state index in [2.05, 4.69) is 17.2 Å². The van der Waals surface area contributed by atoms with Gasteiger partial charge in [-0.15, -0.1) is 6.58 Å². The maximum Gasteiger partial charge on any atom is 0.321 e. The van der Waals surface area contributed by atoms with Crippen molar-refractivity contribution in [2.45, 2.75) is 12.8 Å². The summed E-state index contributed by atoms with van der Waals surface area (Å²) in [6.07, 6.45) is 3.07. The second-order valence-corrected chi connectivity index (χ2v) is 5.09. The number of hydrogen-bond donors (Lipinski definition) is 2. The van der Waals surface area contributed by atoms with Crippen molar-refractivity contribution in [3.63, 3.8) is 0 Å². The van der Waals surface area contributed by atoms with Crippen LogP contribution in [0.4, 0.5) is 10.5 Å². The van der Waals surface area contributed by atoms with Gasteiger partial charge < -0.3 is 15.5 Å². The summed E-state index contributed by atoms with van der Waals surface area (Å²) in [4.78, 5) is 25.7. The van der Waals surface area contributed by atoms with Crippen LogP contribution in [0.2, 0.25) is 0 Å². The number of hydrogen-bond acceptors (Lipinski definition) is 2. The van der Waals surface area contributed by atoms with E-state index in [-0.39, 0.29) is 17.9 Å². The highest BCUT2D eigenvalue weighted by atomic mass is 16.2. The zero-order valence-corrected chi connectivity index (χ0v) is 12.0. The van der Waals surface area contributed by atoms with Gasteiger partial charge in [-0.2, -0.15) is 0 Å². The molecule has 112 valence electrons. The molecule has 1 aromatic rings. The van der Waals surface area contributed by atoms with Crippen LogP contribution in [0.5, 0.6) is 0 Å². The van der Waals surface area contributed by atoms with Crippen molar-refractivity contribution >= 4 is 17.6 Å². The molecule has 0 spiro atoms. The molecule has 1 aliphatic heterocycles. The van der Waals surface area contributed by atoms with Gasteiger partial charge in [0.1, 0.15) is 0 Å². The van der Waals surface area contributed by atoms with E-state index in [0.717, 1.165) is 5.69 Å². The van der Waals surface area contributed by atoms with Crippen molar-refractivity contribution in [1.29, 1.82) is 0 Å². The van der Waals surface area contributed by atoms with E-state index in [1.165, 1.54) is 0 Å². The fourth-order valence-corrected chi connectivity index (χ4v) is 2.39. The number of urea groups is 1. The highest BCUT2D eigenvalue weighted by Gasteiger charge is 2.26. The maximum absolute atomic E-state index is 12.1. The molecule has 0 radical (unpaired) electrons. The molecule has 1 aromatic carbocycles. The largest absolute Gasteiger partial charge is 0.352 e. The number of rotatable bonds is 4. The van der Waals surface area contributed by atoms with E-state index in [9.17, 15) is 9.59 Å². The van der Waals surface area contributed by atoms with Gasteiger partial charge in [-0.25, -0.2) is 4.79 Å². The summed E-state index contributed by atoms with van der Waals surface area (Å²) in [6.45, 7) is 5.27.